The number of hydrogen-bond donors (Lipinski definition) is 1. The van der Waals surface area contributed by atoms with Gasteiger partial charge in [0.25, 0.3) is 0 Å². The molecule has 0 bridgehead atoms. The Balaban J connectivity index is 2.28. The normalized spacial score (nSPS) is 19.2. The van der Waals surface area contributed by atoms with Gasteiger partial charge < -0.3 is 15.0 Å². The Labute approximate surface area is 98.3 Å². The molecule has 0 aliphatic carbocycles. The summed E-state index contributed by atoms with van der Waals surface area (Å²) >= 11 is 0. The molecule has 1 aliphatic rings. The predicted molar refractivity (Wildman–Crippen MR) is 64.4 cm³/mol. The van der Waals surface area contributed by atoms with Crippen molar-refractivity contribution in [1.29, 1.82) is 0 Å². The second-order valence-electron chi connectivity index (χ2n) is 5.49. The summed E-state index contributed by atoms with van der Waals surface area (Å²) < 4.78 is 5.30. The van der Waals surface area contributed by atoms with Crippen LogP contribution < -0.4 is 5.32 Å². The van der Waals surface area contributed by atoms with E-state index in [1.54, 1.807) is 4.90 Å². The Morgan fingerprint density at radius 2 is 2.06 bits per heavy atom. The fourth-order valence-electron chi connectivity index (χ4n) is 1.79. The Kier molecular flexibility index (Phi) is 4.19. The van der Waals surface area contributed by atoms with E-state index in [1.165, 1.54) is 0 Å². The molecule has 0 aromatic heterocycles. The van der Waals surface area contributed by atoms with Crippen molar-refractivity contribution in [2.75, 3.05) is 19.6 Å². The summed E-state index contributed by atoms with van der Waals surface area (Å²) in [6.45, 7) is 12.5. The van der Waals surface area contributed by atoms with Crippen LogP contribution in [0.1, 0.15) is 34.6 Å². The van der Waals surface area contributed by atoms with E-state index in [2.05, 4.69) is 19.2 Å². The van der Waals surface area contributed by atoms with Crippen LogP contribution in [0.25, 0.3) is 0 Å². The van der Waals surface area contributed by atoms with Crippen LogP contribution in [0.5, 0.6) is 0 Å². The van der Waals surface area contributed by atoms with Gasteiger partial charge in [-0.15, -0.1) is 0 Å². The minimum atomic E-state index is -0.393. The highest BCUT2D eigenvalue weighted by Gasteiger charge is 2.36. The van der Waals surface area contributed by atoms with Crippen molar-refractivity contribution in [2.45, 2.75) is 46.3 Å². The molecule has 4 heteroatoms. The first-order valence-electron chi connectivity index (χ1n) is 6.04. The number of nitrogens with zero attached hydrogens (tertiary/aromatic N) is 1. The largest absolute Gasteiger partial charge is 0.444 e. The van der Waals surface area contributed by atoms with Gasteiger partial charge in [0.1, 0.15) is 5.60 Å². The number of amides is 1. The van der Waals surface area contributed by atoms with Crippen molar-refractivity contribution in [3.8, 4) is 0 Å². The number of carbonyl (C=O) groups excluding carboxylic acids is 1. The molecule has 0 aromatic carbocycles. The van der Waals surface area contributed by atoms with Crippen molar-refractivity contribution < 1.29 is 9.53 Å². The quantitative estimate of drug-likeness (QED) is 0.801. The zero-order valence-electron chi connectivity index (χ0n) is 11.0. The van der Waals surface area contributed by atoms with Crippen molar-refractivity contribution in [3.05, 3.63) is 0 Å². The van der Waals surface area contributed by atoms with Crippen LogP contribution in [0, 0.1) is 5.92 Å². The predicted octanol–water partition coefficient (Wildman–Crippen LogP) is 1.85. The molecule has 1 saturated heterocycles. The maximum Gasteiger partial charge on any atom is 0.410 e. The topological polar surface area (TPSA) is 41.6 Å². The molecule has 0 saturated carbocycles. The van der Waals surface area contributed by atoms with E-state index in [4.69, 9.17) is 4.74 Å². The Hall–Kier alpha value is -0.770. The summed E-state index contributed by atoms with van der Waals surface area (Å²) in [6, 6.07) is 0.476. The lowest BCUT2D eigenvalue weighted by atomic mass is 9.93. The molecule has 1 atom stereocenters. The first kappa shape index (κ1) is 13.3. The maximum absolute atomic E-state index is 11.7. The van der Waals surface area contributed by atoms with Crippen LogP contribution in [-0.4, -0.2) is 42.3 Å². The number of rotatable bonds is 3. The van der Waals surface area contributed by atoms with Crippen molar-refractivity contribution in [1.82, 2.24) is 10.2 Å². The highest BCUT2D eigenvalue weighted by atomic mass is 16.6. The average molecular weight is 228 g/mol. The minimum absolute atomic E-state index is 0.188. The van der Waals surface area contributed by atoms with Crippen molar-refractivity contribution in [3.63, 3.8) is 0 Å². The molecule has 1 fully saturated rings. The molecule has 0 spiro atoms. The SMILES string of the molecule is CCN[C@H](C)C1CN(C(=O)OC(C)(C)C)C1. The standard InChI is InChI=1S/C12H24N2O2/c1-6-13-9(2)10-7-14(8-10)11(15)16-12(3,4)5/h9-10,13H,6-8H2,1-5H3/t9-/m1/s1. The first-order valence-corrected chi connectivity index (χ1v) is 6.04. The van der Waals surface area contributed by atoms with Gasteiger partial charge in [0.15, 0.2) is 0 Å². The van der Waals surface area contributed by atoms with Gasteiger partial charge in [0.2, 0.25) is 0 Å². The van der Waals surface area contributed by atoms with Crippen LogP contribution in [0.2, 0.25) is 0 Å². The monoisotopic (exact) mass is 228 g/mol. The molecule has 1 heterocycles. The van der Waals surface area contributed by atoms with Gasteiger partial charge in [-0.2, -0.15) is 0 Å². The summed E-state index contributed by atoms with van der Waals surface area (Å²) in [7, 11) is 0. The van der Waals surface area contributed by atoms with Crippen LogP contribution in [0.3, 0.4) is 0 Å². The molecular formula is C12H24N2O2. The van der Waals surface area contributed by atoms with Crippen LogP contribution in [-0.2, 0) is 4.74 Å². The smallest absolute Gasteiger partial charge is 0.410 e. The summed E-state index contributed by atoms with van der Waals surface area (Å²) in [5.74, 6) is 0.562. The molecule has 4 nitrogen and oxygen atoms in total. The van der Waals surface area contributed by atoms with Gasteiger partial charge in [0, 0.05) is 25.0 Å². The van der Waals surface area contributed by atoms with E-state index in [1.807, 2.05) is 20.8 Å². The second kappa shape index (κ2) is 5.04. The Morgan fingerprint density at radius 1 is 1.50 bits per heavy atom. The third kappa shape index (κ3) is 3.67. The van der Waals surface area contributed by atoms with Crippen LogP contribution in [0.15, 0.2) is 0 Å². The fourth-order valence-corrected chi connectivity index (χ4v) is 1.79. The van der Waals surface area contributed by atoms with E-state index in [0.29, 0.717) is 12.0 Å². The van der Waals surface area contributed by atoms with Gasteiger partial charge in [0.05, 0.1) is 0 Å². The van der Waals surface area contributed by atoms with E-state index < -0.39 is 5.60 Å². The van der Waals surface area contributed by atoms with E-state index in [0.717, 1.165) is 19.6 Å². The second-order valence-corrected chi connectivity index (χ2v) is 5.49. The minimum Gasteiger partial charge on any atom is -0.444 e. The van der Waals surface area contributed by atoms with Crippen molar-refractivity contribution >= 4 is 6.09 Å². The van der Waals surface area contributed by atoms with Gasteiger partial charge in [-0.05, 0) is 34.2 Å². The molecule has 16 heavy (non-hydrogen) atoms. The third-order valence-corrected chi connectivity index (χ3v) is 2.79. The number of nitrogens with one attached hydrogen (secondary N) is 1. The molecule has 1 aliphatic heterocycles. The lowest BCUT2D eigenvalue weighted by Gasteiger charge is -2.42. The number of carbonyl (C=O) groups is 1. The summed E-state index contributed by atoms with van der Waals surface area (Å²) in [5, 5.41) is 3.38. The lowest BCUT2D eigenvalue weighted by molar-refractivity contribution is -0.00558. The van der Waals surface area contributed by atoms with E-state index >= 15 is 0 Å². The Morgan fingerprint density at radius 3 is 2.50 bits per heavy atom. The summed E-state index contributed by atoms with van der Waals surface area (Å²) in [4.78, 5) is 13.4. The summed E-state index contributed by atoms with van der Waals surface area (Å²) in [6.07, 6.45) is -0.188. The molecule has 1 amide bonds. The number of likely N-dealkylation sites (tertiary alicyclic amines) is 1. The zero-order chi connectivity index (χ0) is 12.3. The average Bonchev–Trinajstić information content (AvgIpc) is 1.97. The molecule has 1 rings (SSSR count). The number of ether oxygens (including phenoxy) is 1. The van der Waals surface area contributed by atoms with Gasteiger partial charge in [-0.1, -0.05) is 6.92 Å². The molecule has 0 aromatic rings. The zero-order valence-corrected chi connectivity index (χ0v) is 11.0. The van der Waals surface area contributed by atoms with Gasteiger partial charge in [-0.25, -0.2) is 4.79 Å². The van der Waals surface area contributed by atoms with Crippen LogP contribution >= 0.6 is 0 Å². The van der Waals surface area contributed by atoms with E-state index in [9.17, 15) is 4.79 Å². The van der Waals surface area contributed by atoms with Crippen LogP contribution in [0.4, 0.5) is 4.79 Å². The molecule has 1 N–H and O–H groups in total. The number of hydrogen-bond acceptors (Lipinski definition) is 3. The highest BCUT2D eigenvalue weighted by Crippen LogP contribution is 2.21. The fraction of sp³-hybridized carbons (Fsp3) is 0.917. The lowest BCUT2D eigenvalue weighted by Crippen LogP contribution is -2.57. The highest BCUT2D eigenvalue weighted by molar-refractivity contribution is 5.69. The van der Waals surface area contributed by atoms with Gasteiger partial charge in [-0.3, -0.25) is 0 Å². The summed E-state index contributed by atoms with van der Waals surface area (Å²) in [5.41, 5.74) is -0.393. The maximum atomic E-state index is 11.7. The van der Waals surface area contributed by atoms with Crippen molar-refractivity contribution in [2.24, 2.45) is 5.92 Å². The van der Waals surface area contributed by atoms with Gasteiger partial charge >= 0.3 is 6.09 Å². The molecule has 0 unspecified atom stereocenters. The third-order valence-electron chi connectivity index (χ3n) is 2.79. The molecule has 94 valence electrons. The van der Waals surface area contributed by atoms with E-state index in [-0.39, 0.29) is 6.09 Å². The molecular weight excluding hydrogens is 204 g/mol. The Bertz CT molecular complexity index is 242. The first-order chi connectivity index (χ1) is 7.33. The molecule has 0 radical (unpaired) electrons.